The number of pyridine rings is 1. The van der Waals surface area contributed by atoms with E-state index in [-0.39, 0.29) is 54.5 Å². The Balaban J connectivity index is 0.00000741. The minimum Gasteiger partial charge on any atom is -0.507 e. The molecule has 2 heterocycles. The second-order valence-electron chi connectivity index (χ2n) is 23.5. The first kappa shape index (κ1) is 46.2. The van der Waals surface area contributed by atoms with Crippen LogP contribution in [0.25, 0.3) is 72.7 Å². The molecule has 354 valence electrons. The van der Waals surface area contributed by atoms with Crippen molar-refractivity contribution in [1.82, 2.24) is 14.5 Å². The van der Waals surface area contributed by atoms with Crippen molar-refractivity contribution in [3.05, 3.63) is 167 Å². The Hall–Kier alpha value is -5.57. The molecule has 0 aliphatic carbocycles. The van der Waals surface area contributed by atoms with Crippen molar-refractivity contribution in [2.24, 2.45) is 5.41 Å². The third-order valence-electron chi connectivity index (χ3n) is 12.6. The van der Waals surface area contributed by atoms with Crippen LogP contribution < -0.4 is 0 Å². The van der Waals surface area contributed by atoms with E-state index in [1.165, 1.54) is 5.56 Å². The van der Waals surface area contributed by atoms with Gasteiger partial charge in [0.05, 0.1) is 23.7 Å². The van der Waals surface area contributed by atoms with Gasteiger partial charge in [0.15, 0.2) is 0 Å². The zero-order chi connectivity index (χ0) is 51.1. The summed E-state index contributed by atoms with van der Waals surface area (Å²) >= 11 is 0. The largest absolute Gasteiger partial charge is 0.507 e. The summed E-state index contributed by atoms with van der Waals surface area (Å²) in [6.07, 6.45) is 0.0580. The van der Waals surface area contributed by atoms with Gasteiger partial charge in [-0.3, -0.25) is 9.55 Å². The third-order valence-corrected chi connectivity index (χ3v) is 12.6. The van der Waals surface area contributed by atoms with E-state index in [0.717, 1.165) is 66.8 Å². The van der Waals surface area contributed by atoms with E-state index in [0.29, 0.717) is 28.2 Å². The van der Waals surface area contributed by atoms with E-state index >= 15 is 0 Å². The summed E-state index contributed by atoms with van der Waals surface area (Å²) in [6, 6.07) is 45.8. The molecule has 0 radical (unpaired) electrons. The molecular formula is C63H70N3OPt-. The van der Waals surface area contributed by atoms with Gasteiger partial charge in [0.25, 0.3) is 0 Å². The van der Waals surface area contributed by atoms with Crippen LogP contribution >= 0.6 is 0 Å². The van der Waals surface area contributed by atoms with Crippen molar-refractivity contribution < 1.29 is 30.3 Å². The fourth-order valence-electron chi connectivity index (χ4n) is 8.75. The Morgan fingerprint density at radius 1 is 0.574 bits per heavy atom. The molecule has 0 aliphatic rings. The number of benzene rings is 6. The molecule has 4 nitrogen and oxygen atoms in total. The standard InChI is InChI=1S/C63H70N3O.Pt/c1-59(2,3)39-40-24-26-41(27-25-40)43-30-31-64-53(35-43)45-32-44(33-47(34-45)61(7,8)9)49-22-19-23-55-56(49)65-58(51-37-48(62(10,11)12)38-52(57(51)67)63(13,14)15)66(55)54-29-28-46(60(4,5)6)36-50(54)42-20-17-16-18-21-42;/h16-31,33-38,67H,39H2,1-15H3;/q-1;/i30D,39D2;. The molecule has 0 spiro atoms. The van der Waals surface area contributed by atoms with Gasteiger partial charge >= 0.3 is 0 Å². The molecule has 0 bridgehead atoms. The van der Waals surface area contributed by atoms with Crippen molar-refractivity contribution in [3.63, 3.8) is 0 Å². The fraction of sp³-hybridized carbons (Fsp3) is 0.333. The number of imidazole rings is 1. The van der Waals surface area contributed by atoms with Crippen molar-refractivity contribution in [2.75, 3.05) is 0 Å². The predicted octanol–water partition coefficient (Wildman–Crippen LogP) is 17.0. The van der Waals surface area contributed by atoms with E-state index < -0.39 is 11.8 Å². The van der Waals surface area contributed by atoms with Crippen LogP contribution in [-0.2, 0) is 49.1 Å². The minimum absolute atomic E-state index is 0. The maximum Gasteiger partial charge on any atom is 0.148 e. The Kier molecular flexibility index (Phi) is 12.5. The molecule has 8 rings (SSSR count). The number of aromatic hydroxyl groups is 1. The number of rotatable bonds is 7. The number of phenols is 1. The van der Waals surface area contributed by atoms with Gasteiger partial charge in [-0.1, -0.05) is 200 Å². The molecule has 0 saturated carbocycles. The van der Waals surface area contributed by atoms with Crippen LogP contribution in [0.1, 0.15) is 136 Å². The smallest absolute Gasteiger partial charge is 0.148 e. The first-order valence-electron chi connectivity index (χ1n) is 25.2. The molecule has 8 aromatic rings. The first-order valence-corrected chi connectivity index (χ1v) is 23.7. The van der Waals surface area contributed by atoms with Gasteiger partial charge in [-0.25, -0.2) is 4.98 Å². The Morgan fingerprint density at radius 2 is 1.19 bits per heavy atom. The Labute approximate surface area is 425 Å². The molecule has 0 fully saturated rings. The van der Waals surface area contributed by atoms with E-state index in [2.05, 4.69) is 179 Å². The van der Waals surface area contributed by atoms with Gasteiger partial charge in [-0.2, -0.15) is 0 Å². The van der Waals surface area contributed by atoms with Crippen LogP contribution in [0.15, 0.2) is 134 Å². The Morgan fingerprint density at radius 3 is 1.81 bits per heavy atom. The summed E-state index contributed by atoms with van der Waals surface area (Å²) in [7, 11) is 0. The van der Waals surface area contributed by atoms with Gasteiger partial charge in [0.1, 0.15) is 11.6 Å². The van der Waals surface area contributed by atoms with E-state index in [1.54, 1.807) is 6.20 Å². The number of nitrogens with zero attached hydrogens (tertiary/aromatic N) is 3. The molecule has 68 heavy (non-hydrogen) atoms. The van der Waals surface area contributed by atoms with Crippen LogP contribution in [-0.4, -0.2) is 19.6 Å². The number of para-hydroxylation sites is 1. The number of aromatic nitrogens is 3. The number of hydrogen-bond acceptors (Lipinski definition) is 3. The summed E-state index contributed by atoms with van der Waals surface area (Å²) in [5.74, 6) is 0.861. The van der Waals surface area contributed by atoms with Crippen LogP contribution in [0, 0.1) is 11.5 Å². The van der Waals surface area contributed by atoms with Gasteiger partial charge in [0.2, 0.25) is 0 Å². The second kappa shape index (κ2) is 18.4. The number of fused-ring (bicyclic) bond motifs is 1. The molecule has 5 heteroatoms. The van der Waals surface area contributed by atoms with Crippen molar-refractivity contribution in [1.29, 1.82) is 0 Å². The minimum atomic E-state index is -1.54. The summed E-state index contributed by atoms with van der Waals surface area (Å²) in [5, 5.41) is 12.6. The van der Waals surface area contributed by atoms with Gasteiger partial charge in [-0.15, -0.1) is 29.3 Å². The van der Waals surface area contributed by atoms with E-state index in [9.17, 15) is 5.11 Å². The van der Waals surface area contributed by atoms with Crippen molar-refractivity contribution in [2.45, 2.75) is 132 Å². The van der Waals surface area contributed by atoms with Crippen molar-refractivity contribution in [3.8, 4) is 67.5 Å². The average molecular weight is 1080 g/mol. The Bertz CT molecular complexity index is 3260. The molecule has 0 amide bonds. The maximum atomic E-state index is 12.6. The zero-order valence-electron chi connectivity index (χ0n) is 45.7. The van der Waals surface area contributed by atoms with Gasteiger partial charge in [0, 0.05) is 46.8 Å². The van der Waals surface area contributed by atoms with E-state index in [4.69, 9.17) is 14.1 Å². The zero-order valence-corrected chi connectivity index (χ0v) is 45.0. The summed E-state index contributed by atoms with van der Waals surface area (Å²) in [6.45, 7) is 32.2. The average Bonchev–Trinajstić information content (AvgIpc) is 3.67. The summed E-state index contributed by atoms with van der Waals surface area (Å²) < 4.78 is 28.9. The molecule has 0 atom stereocenters. The fourth-order valence-corrected chi connectivity index (χ4v) is 8.75. The monoisotopic (exact) mass is 1080 g/mol. The predicted molar refractivity (Wildman–Crippen MR) is 285 cm³/mol. The van der Waals surface area contributed by atoms with E-state index in [1.807, 2.05) is 57.2 Å². The molecule has 2 aromatic heterocycles. The molecule has 0 aliphatic heterocycles. The quantitative estimate of drug-likeness (QED) is 0.162. The molecule has 0 unspecified atom stereocenters. The normalized spacial score (nSPS) is 13.5. The van der Waals surface area contributed by atoms with Gasteiger partial charge < -0.3 is 5.11 Å². The van der Waals surface area contributed by atoms with Crippen molar-refractivity contribution >= 4 is 11.0 Å². The van der Waals surface area contributed by atoms with Gasteiger partial charge in [-0.05, 0) is 97.1 Å². The number of hydrogen-bond donors (Lipinski definition) is 1. The van der Waals surface area contributed by atoms with Crippen LogP contribution in [0.2, 0.25) is 0 Å². The summed E-state index contributed by atoms with van der Waals surface area (Å²) in [4.78, 5) is 10.5. The first-order chi connectivity index (χ1) is 32.4. The maximum absolute atomic E-state index is 12.6. The van der Waals surface area contributed by atoms with Crippen LogP contribution in [0.4, 0.5) is 0 Å². The third kappa shape index (κ3) is 10.5. The molecule has 6 aromatic carbocycles. The SMILES string of the molecule is [2H]c1cnc(-c2[c-]c(-c3cccc4c3nc(-c3cc(C(C)(C)C)cc(C(C)(C)C)c3O)n4-c3ccc(C(C)(C)C)cc3-c3ccccc3)cc(C(C)(C)C)c2)cc1-c1ccc(C([2H])([2H])C(C)(C)C)cc1.[Pt]. The van der Waals surface area contributed by atoms with Crippen LogP contribution in [0.5, 0.6) is 5.75 Å². The number of phenolic OH excluding ortho intramolecular Hbond substituents is 1. The molecular weight excluding hydrogens is 1010 g/mol. The van der Waals surface area contributed by atoms with Crippen LogP contribution in [0.3, 0.4) is 0 Å². The molecule has 0 saturated heterocycles. The molecule has 1 N–H and O–H groups in total. The second-order valence-corrected chi connectivity index (χ2v) is 23.5. The topological polar surface area (TPSA) is 50.9 Å². The summed E-state index contributed by atoms with van der Waals surface area (Å²) in [5.41, 5.74) is 13.5.